The number of hydrogen-bond donors (Lipinski definition) is 1. The van der Waals surface area contributed by atoms with Gasteiger partial charge in [0.2, 0.25) is 0 Å². The molecule has 1 N–H and O–H groups in total. The molecular weight excluding hydrogens is 422 g/mol. The van der Waals surface area contributed by atoms with E-state index >= 15 is 0 Å². The first-order valence-electron chi connectivity index (χ1n) is 10.2. The van der Waals surface area contributed by atoms with Crippen molar-refractivity contribution in [1.29, 1.82) is 0 Å². The minimum atomic E-state index is -1.98. The molecule has 0 spiro atoms. The molecule has 0 saturated carbocycles. The number of ether oxygens (including phenoxy) is 1. The summed E-state index contributed by atoms with van der Waals surface area (Å²) in [4.78, 5) is 0. The van der Waals surface area contributed by atoms with Crippen molar-refractivity contribution in [1.82, 2.24) is 4.72 Å². The molecule has 0 aromatic heterocycles. The van der Waals surface area contributed by atoms with Gasteiger partial charge in [0.1, 0.15) is 5.75 Å². The van der Waals surface area contributed by atoms with Crippen molar-refractivity contribution >= 4 is 30.9 Å². The van der Waals surface area contributed by atoms with Gasteiger partial charge < -0.3 is 9.16 Å². The number of methoxy groups -OCH3 is 1. The van der Waals surface area contributed by atoms with Crippen LogP contribution in [-0.2, 0) is 15.4 Å². The molecule has 0 unspecified atom stereocenters. The van der Waals surface area contributed by atoms with E-state index in [0.717, 1.165) is 16.9 Å². The molecule has 1 aromatic rings. The van der Waals surface area contributed by atoms with Crippen LogP contribution in [0.15, 0.2) is 18.2 Å². The average Bonchev–Trinajstić information content (AvgIpc) is 2.58. The second-order valence-corrected chi connectivity index (χ2v) is 17.2. The second-order valence-electron chi connectivity index (χ2n) is 10.1. The Hall–Kier alpha value is -0.403. The third-order valence-electron chi connectivity index (χ3n) is 5.66. The van der Waals surface area contributed by atoms with Crippen LogP contribution in [0.3, 0.4) is 0 Å². The summed E-state index contributed by atoms with van der Waals surface area (Å²) >= 11 is 6.35. The van der Waals surface area contributed by atoms with E-state index in [1.807, 2.05) is 39.8 Å². The van der Waals surface area contributed by atoms with E-state index in [1.54, 1.807) is 7.11 Å². The fraction of sp³-hybridized carbons (Fsp3) is 0.727. The molecule has 0 bridgehead atoms. The third kappa shape index (κ3) is 7.35. The summed E-state index contributed by atoms with van der Waals surface area (Å²) in [6.45, 7) is 19.1. The van der Waals surface area contributed by atoms with Gasteiger partial charge in [-0.3, -0.25) is 0 Å². The van der Waals surface area contributed by atoms with E-state index in [1.165, 1.54) is 0 Å². The molecule has 0 aliphatic rings. The van der Waals surface area contributed by atoms with Crippen LogP contribution in [0.25, 0.3) is 0 Å². The standard InChI is InChI=1S/C22H40ClNO3SSi/c1-16-18(12-11-13-20(16)26-8)19(24-28(25)21(2,3)4)14-17(15-23)27-29(9,10)22(5,6)7/h11-13,17,19,24H,14-15H2,1-10H3/t17-,19-,28-/m0/s1. The Labute approximate surface area is 186 Å². The predicted molar refractivity (Wildman–Crippen MR) is 129 cm³/mol. The number of alkyl halides is 1. The fourth-order valence-corrected chi connectivity index (χ4v) is 5.27. The highest BCUT2D eigenvalue weighted by Crippen LogP contribution is 2.39. The van der Waals surface area contributed by atoms with Gasteiger partial charge in [0.05, 0.1) is 28.9 Å². The van der Waals surface area contributed by atoms with Crippen LogP contribution in [0, 0.1) is 6.92 Å². The average molecular weight is 462 g/mol. The zero-order chi connectivity index (χ0) is 22.6. The van der Waals surface area contributed by atoms with Crippen molar-refractivity contribution in [2.45, 2.75) is 89.9 Å². The Bertz CT molecular complexity index is 698. The first-order chi connectivity index (χ1) is 13.1. The summed E-state index contributed by atoms with van der Waals surface area (Å²) in [5.74, 6) is 1.22. The molecule has 0 fully saturated rings. The topological polar surface area (TPSA) is 47.6 Å². The summed E-state index contributed by atoms with van der Waals surface area (Å²) in [5.41, 5.74) is 2.11. The molecule has 7 heteroatoms. The van der Waals surface area contributed by atoms with E-state index in [2.05, 4.69) is 44.7 Å². The summed E-state index contributed by atoms with van der Waals surface area (Å²) in [7, 11) is -1.53. The van der Waals surface area contributed by atoms with Crippen LogP contribution in [0.5, 0.6) is 5.75 Å². The number of rotatable bonds is 9. The van der Waals surface area contributed by atoms with Crippen molar-refractivity contribution in [3.8, 4) is 5.75 Å². The largest absolute Gasteiger partial charge is 0.496 e. The van der Waals surface area contributed by atoms with Gasteiger partial charge >= 0.3 is 0 Å². The van der Waals surface area contributed by atoms with Crippen LogP contribution >= 0.6 is 11.6 Å². The molecule has 3 atom stereocenters. The first-order valence-corrected chi connectivity index (χ1v) is 14.8. The molecule has 168 valence electrons. The quantitative estimate of drug-likeness (QED) is 0.356. The van der Waals surface area contributed by atoms with Crippen molar-refractivity contribution in [2.75, 3.05) is 13.0 Å². The van der Waals surface area contributed by atoms with Gasteiger partial charge in [0, 0.05) is 11.9 Å². The molecular formula is C22H40ClNO3SSi. The van der Waals surface area contributed by atoms with Crippen molar-refractivity contribution in [2.24, 2.45) is 0 Å². The van der Waals surface area contributed by atoms with Crippen LogP contribution in [0.2, 0.25) is 18.1 Å². The van der Waals surface area contributed by atoms with Gasteiger partial charge in [-0.15, -0.1) is 11.6 Å². The van der Waals surface area contributed by atoms with Gasteiger partial charge in [-0.05, 0) is 69.4 Å². The number of hydrogen-bond acceptors (Lipinski definition) is 3. The minimum absolute atomic E-state index is 0.0976. The second kappa shape index (κ2) is 10.3. The van der Waals surface area contributed by atoms with E-state index in [4.69, 9.17) is 20.8 Å². The van der Waals surface area contributed by atoms with Gasteiger partial charge in [-0.25, -0.2) is 8.93 Å². The smallest absolute Gasteiger partial charge is 0.192 e. The highest BCUT2D eigenvalue weighted by atomic mass is 35.5. The van der Waals surface area contributed by atoms with Crippen molar-refractivity contribution in [3.63, 3.8) is 0 Å². The van der Waals surface area contributed by atoms with Crippen LogP contribution in [-0.4, -0.2) is 36.4 Å². The Morgan fingerprint density at radius 3 is 2.21 bits per heavy atom. The number of nitrogens with one attached hydrogen (secondary N) is 1. The van der Waals surface area contributed by atoms with E-state index in [0.29, 0.717) is 12.3 Å². The molecule has 0 amide bonds. The van der Waals surface area contributed by atoms with Gasteiger partial charge in [0.25, 0.3) is 0 Å². The monoisotopic (exact) mass is 461 g/mol. The molecule has 0 heterocycles. The highest BCUT2D eigenvalue weighted by Gasteiger charge is 2.39. The normalized spacial score (nSPS) is 16.4. The lowest BCUT2D eigenvalue weighted by Gasteiger charge is -2.40. The van der Waals surface area contributed by atoms with Crippen molar-refractivity contribution < 1.29 is 13.4 Å². The summed E-state index contributed by atoms with van der Waals surface area (Å²) < 4.78 is 28.0. The van der Waals surface area contributed by atoms with Gasteiger partial charge in [0.15, 0.2) is 8.32 Å². The lowest BCUT2D eigenvalue weighted by Crippen LogP contribution is -2.45. The van der Waals surface area contributed by atoms with E-state index in [9.17, 15) is 4.21 Å². The molecule has 0 aliphatic heterocycles. The Kier molecular flexibility index (Phi) is 9.43. The van der Waals surface area contributed by atoms with Crippen molar-refractivity contribution in [3.05, 3.63) is 29.3 Å². The van der Waals surface area contributed by atoms with E-state index < -0.39 is 19.3 Å². The van der Waals surface area contributed by atoms with Gasteiger partial charge in [-0.2, -0.15) is 0 Å². The van der Waals surface area contributed by atoms with E-state index in [-0.39, 0.29) is 21.9 Å². The summed E-state index contributed by atoms with van der Waals surface area (Å²) in [5, 5.41) is 0.0976. The molecule has 1 aromatic carbocycles. The fourth-order valence-electron chi connectivity index (χ4n) is 2.77. The lowest BCUT2D eigenvalue weighted by molar-refractivity contribution is 0.180. The SMILES string of the molecule is COc1cccc([C@H](C[C@@H](CCl)O[Si](C)(C)C(C)(C)C)N[S@@](=O)C(C)(C)C)c1C. The molecule has 1 rings (SSSR count). The first kappa shape index (κ1) is 26.6. The Balaban J connectivity index is 3.25. The maximum atomic E-state index is 12.9. The summed E-state index contributed by atoms with van der Waals surface area (Å²) in [6.07, 6.45) is 0.517. The Morgan fingerprint density at radius 2 is 1.76 bits per heavy atom. The predicted octanol–water partition coefficient (Wildman–Crippen LogP) is 6.12. The zero-order valence-corrected chi connectivity index (χ0v) is 22.4. The van der Waals surface area contributed by atoms with Gasteiger partial charge in [-0.1, -0.05) is 32.9 Å². The molecule has 29 heavy (non-hydrogen) atoms. The maximum Gasteiger partial charge on any atom is 0.192 e. The lowest BCUT2D eigenvalue weighted by atomic mass is 9.97. The van der Waals surface area contributed by atoms with Crippen LogP contribution in [0.1, 0.15) is 65.1 Å². The molecule has 0 radical (unpaired) electrons. The number of halogens is 1. The summed E-state index contributed by atoms with van der Waals surface area (Å²) in [6, 6.07) is 5.83. The third-order valence-corrected chi connectivity index (χ3v) is 12.2. The zero-order valence-electron chi connectivity index (χ0n) is 19.8. The molecule has 0 saturated heterocycles. The van der Waals surface area contributed by atoms with Crippen LogP contribution < -0.4 is 9.46 Å². The minimum Gasteiger partial charge on any atom is -0.496 e. The molecule has 0 aliphatic carbocycles. The van der Waals surface area contributed by atoms with Crippen LogP contribution in [0.4, 0.5) is 0 Å². The highest BCUT2D eigenvalue weighted by molar-refractivity contribution is 7.84. The maximum absolute atomic E-state index is 12.9. The molecule has 4 nitrogen and oxygen atoms in total. The number of benzene rings is 1. The Morgan fingerprint density at radius 1 is 1.17 bits per heavy atom.